The van der Waals surface area contributed by atoms with Gasteiger partial charge in [0, 0.05) is 23.1 Å². The number of pyridine rings is 1. The third-order valence-corrected chi connectivity index (χ3v) is 7.59. The lowest BCUT2D eigenvalue weighted by Gasteiger charge is -2.29. The first-order chi connectivity index (χ1) is 15.3. The number of hydrogen-bond donors (Lipinski definition) is 3. The zero-order valence-electron chi connectivity index (χ0n) is 18.1. The fourth-order valence-corrected chi connectivity index (χ4v) is 5.36. The number of aromatic amines is 1. The molecule has 0 aliphatic heterocycles. The molecule has 0 spiro atoms. The lowest BCUT2D eigenvalue weighted by molar-refractivity contribution is 0.0909. The van der Waals surface area contributed by atoms with Crippen LogP contribution in [-0.4, -0.2) is 25.4 Å². The first-order valence-electron chi connectivity index (χ1n) is 10.8. The molecule has 2 aromatic carbocycles. The molecule has 0 bridgehead atoms. The monoisotopic (exact) mass is 453 g/mol. The van der Waals surface area contributed by atoms with Gasteiger partial charge in [-0.25, -0.2) is 8.42 Å². The van der Waals surface area contributed by atoms with Gasteiger partial charge in [-0.2, -0.15) is 0 Å². The number of benzene rings is 2. The molecule has 2 atom stereocenters. The maximum atomic E-state index is 13.1. The van der Waals surface area contributed by atoms with Gasteiger partial charge in [0.2, 0.25) is 5.43 Å². The van der Waals surface area contributed by atoms with E-state index in [1.807, 2.05) is 6.07 Å². The van der Waals surface area contributed by atoms with Crippen molar-refractivity contribution in [3.63, 3.8) is 0 Å². The number of H-pyrrole nitrogens is 1. The van der Waals surface area contributed by atoms with Crippen molar-refractivity contribution < 1.29 is 13.2 Å². The Morgan fingerprint density at radius 2 is 1.84 bits per heavy atom. The smallest absolute Gasteiger partial charge is 0.261 e. The Morgan fingerprint density at radius 3 is 2.59 bits per heavy atom. The molecule has 1 heterocycles. The summed E-state index contributed by atoms with van der Waals surface area (Å²) in [5.74, 6) is -0.0744. The summed E-state index contributed by atoms with van der Waals surface area (Å²) < 4.78 is 28.4. The van der Waals surface area contributed by atoms with E-state index >= 15 is 0 Å². The highest BCUT2D eigenvalue weighted by molar-refractivity contribution is 7.92. The van der Waals surface area contributed by atoms with Crippen molar-refractivity contribution in [3.05, 3.63) is 70.0 Å². The van der Waals surface area contributed by atoms with Crippen molar-refractivity contribution in [2.45, 2.75) is 50.5 Å². The van der Waals surface area contributed by atoms with Crippen LogP contribution >= 0.6 is 0 Å². The molecule has 0 saturated heterocycles. The number of carbonyl (C=O) groups is 1. The van der Waals surface area contributed by atoms with Crippen LogP contribution in [-0.2, 0) is 10.0 Å². The molecule has 3 N–H and O–H groups in total. The largest absolute Gasteiger partial charge is 0.360 e. The molecule has 0 radical (unpaired) electrons. The van der Waals surface area contributed by atoms with Gasteiger partial charge in [0.25, 0.3) is 15.9 Å². The van der Waals surface area contributed by atoms with Crippen molar-refractivity contribution in [1.82, 2.24) is 10.3 Å². The van der Waals surface area contributed by atoms with E-state index in [9.17, 15) is 18.0 Å². The van der Waals surface area contributed by atoms with Gasteiger partial charge >= 0.3 is 0 Å². The fraction of sp³-hybridized carbons (Fsp3) is 0.333. The molecule has 4 rings (SSSR count). The van der Waals surface area contributed by atoms with E-state index in [2.05, 4.69) is 21.9 Å². The van der Waals surface area contributed by atoms with Gasteiger partial charge in [-0.1, -0.05) is 38.0 Å². The molecule has 32 heavy (non-hydrogen) atoms. The molecule has 1 saturated carbocycles. The summed E-state index contributed by atoms with van der Waals surface area (Å²) >= 11 is 0. The highest BCUT2D eigenvalue weighted by Crippen LogP contribution is 2.24. The van der Waals surface area contributed by atoms with E-state index in [0.717, 1.165) is 31.2 Å². The van der Waals surface area contributed by atoms with E-state index in [4.69, 9.17) is 0 Å². The van der Waals surface area contributed by atoms with Crippen molar-refractivity contribution in [2.24, 2.45) is 5.92 Å². The molecule has 168 valence electrons. The first-order valence-corrected chi connectivity index (χ1v) is 12.3. The molecular formula is C24H27N3O4S. The molecular weight excluding hydrogens is 426 g/mol. The number of rotatable bonds is 5. The third kappa shape index (κ3) is 4.41. The predicted octanol–water partition coefficient (Wildman–Crippen LogP) is 3.95. The molecule has 0 unspecified atom stereocenters. The molecule has 1 aliphatic carbocycles. The van der Waals surface area contributed by atoms with Crippen LogP contribution in [0.1, 0.15) is 48.5 Å². The SMILES string of the molecule is Cc1ccccc1NS(=O)(=O)c1ccc2[nH]cc(C(=O)N[C@H]3CCCC[C@@H]3C)c(=O)c2c1. The van der Waals surface area contributed by atoms with Crippen LogP contribution in [0.5, 0.6) is 0 Å². The molecule has 1 aromatic heterocycles. The summed E-state index contributed by atoms with van der Waals surface area (Å²) in [5, 5.41) is 3.14. The minimum Gasteiger partial charge on any atom is -0.360 e. The maximum absolute atomic E-state index is 13.1. The van der Waals surface area contributed by atoms with E-state index in [0.29, 0.717) is 17.1 Å². The molecule has 1 fully saturated rings. The minimum absolute atomic E-state index is 0.0170. The number of hydrogen-bond acceptors (Lipinski definition) is 4. The summed E-state index contributed by atoms with van der Waals surface area (Å²) in [6.45, 7) is 3.91. The lowest BCUT2D eigenvalue weighted by Crippen LogP contribution is -2.42. The predicted molar refractivity (Wildman–Crippen MR) is 125 cm³/mol. The number of fused-ring (bicyclic) bond motifs is 1. The maximum Gasteiger partial charge on any atom is 0.261 e. The van der Waals surface area contributed by atoms with Crippen LogP contribution in [0.4, 0.5) is 5.69 Å². The standard InChI is InChI=1S/C24H27N3O4S/c1-15-7-3-5-9-20(15)26-24(29)19-14-25-22-12-11-17(13-18(22)23(19)28)32(30,31)27-21-10-6-4-8-16(21)2/h4,6,8,10-15,20,27H,3,5,7,9H2,1-2H3,(H,25,28)(H,26,29)/t15-,20-/m0/s1. The summed E-state index contributed by atoms with van der Waals surface area (Å²) in [4.78, 5) is 28.8. The second kappa shape index (κ2) is 8.78. The third-order valence-electron chi connectivity index (χ3n) is 6.22. The lowest BCUT2D eigenvalue weighted by atomic mass is 9.86. The highest BCUT2D eigenvalue weighted by Gasteiger charge is 2.25. The van der Waals surface area contributed by atoms with Crippen LogP contribution in [0.2, 0.25) is 0 Å². The van der Waals surface area contributed by atoms with Gasteiger partial charge in [0.05, 0.1) is 10.6 Å². The number of aromatic nitrogens is 1. The second-order valence-electron chi connectivity index (χ2n) is 8.50. The number of nitrogens with one attached hydrogen (secondary N) is 3. The van der Waals surface area contributed by atoms with Crippen molar-refractivity contribution >= 4 is 32.5 Å². The number of para-hydroxylation sites is 1. The Bertz CT molecular complexity index is 1330. The Balaban J connectivity index is 1.66. The van der Waals surface area contributed by atoms with Gasteiger partial charge in [-0.05, 0) is 55.5 Å². The summed E-state index contributed by atoms with van der Waals surface area (Å²) in [6, 6.07) is 11.4. The number of aryl methyl sites for hydroxylation is 1. The quantitative estimate of drug-likeness (QED) is 0.544. The number of carbonyl (C=O) groups excluding carboxylic acids is 1. The minimum atomic E-state index is -3.91. The van der Waals surface area contributed by atoms with Crippen LogP contribution in [0, 0.1) is 12.8 Å². The van der Waals surface area contributed by atoms with Crippen molar-refractivity contribution in [2.75, 3.05) is 4.72 Å². The van der Waals surface area contributed by atoms with E-state index in [1.54, 1.807) is 25.1 Å². The van der Waals surface area contributed by atoms with Gasteiger partial charge in [0.15, 0.2) is 0 Å². The van der Waals surface area contributed by atoms with Crippen LogP contribution in [0.3, 0.4) is 0 Å². The van der Waals surface area contributed by atoms with Crippen molar-refractivity contribution in [1.29, 1.82) is 0 Å². The van der Waals surface area contributed by atoms with E-state index in [1.165, 1.54) is 24.4 Å². The fourth-order valence-electron chi connectivity index (χ4n) is 4.20. The summed E-state index contributed by atoms with van der Waals surface area (Å²) in [6.07, 6.45) is 5.54. The first kappa shape index (κ1) is 22.1. The Hall–Kier alpha value is -3.13. The second-order valence-corrected chi connectivity index (χ2v) is 10.2. The van der Waals surface area contributed by atoms with Gasteiger partial charge < -0.3 is 10.3 Å². The number of sulfonamides is 1. The van der Waals surface area contributed by atoms with Gasteiger partial charge in [0.1, 0.15) is 5.56 Å². The Morgan fingerprint density at radius 1 is 1.09 bits per heavy atom. The zero-order chi connectivity index (χ0) is 22.9. The van der Waals surface area contributed by atoms with Crippen molar-refractivity contribution in [3.8, 4) is 0 Å². The molecule has 8 heteroatoms. The zero-order valence-corrected chi connectivity index (χ0v) is 19.0. The molecule has 3 aromatic rings. The average molecular weight is 454 g/mol. The van der Waals surface area contributed by atoms with E-state index in [-0.39, 0.29) is 21.9 Å². The normalized spacial score (nSPS) is 18.9. The highest BCUT2D eigenvalue weighted by atomic mass is 32.2. The molecule has 7 nitrogen and oxygen atoms in total. The topological polar surface area (TPSA) is 108 Å². The summed E-state index contributed by atoms with van der Waals surface area (Å²) in [7, 11) is -3.91. The van der Waals surface area contributed by atoms with Crippen LogP contribution in [0.25, 0.3) is 10.9 Å². The van der Waals surface area contributed by atoms with Crippen LogP contribution in [0.15, 0.2) is 58.4 Å². The van der Waals surface area contributed by atoms with Gasteiger partial charge in [-0.15, -0.1) is 0 Å². The molecule has 1 amide bonds. The number of anilines is 1. The van der Waals surface area contributed by atoms with Gasteiger partial charge in [-0.3, -0.25) is 14.3 Å². The van der Waals surface area contributed by atoms with Crippen LogP contribution < -0.4 is 15.5 Å². The number of amides is 1. The molecule has 1 aliphatic rings. The summed E-state index contributed by atoms with van der Waals surface area (Å²) in [5.41, 5.74) is 1.21. The Kier molecular flexibility index (Phi) is 6.06. The average Bonchev–Trinajstić information content (AvgIpc) is 2.77. The Labute approximate surface area is 187 Å². The van der Waals surface area contributed by atoms with E-state index < -0.39 is 21.4 Å².